The number of hydrogen-bond acceptors (Lipinski definition) is 5. The van der Waals surface area contributed by atoms with E-state index in [1.807, 2.05) is 6.92 Å². The number of rotatable bonds is 4. The van der Waals surface area contributed by atoms with E-state index in [0.29, 0.717) is 12.4 Å². The highest BCUT2D eigenvalue weighted by Gasteiger charge is 2.19. The van der Waals surface area contributed by atoms with Crippen LogP contribution in [0.25, 0.3) is 0 Å². The van der Waals surface area contributed by atoms with Crippen LogP contribution < -0.4 is 5.32 Å². The zero-order chi connectivity index (χ0) is 14.1. The van der Waals surface area contributed by atoms with Crippen LogP contribution in [0.15, 0.2) is 16.7 Å². The lowest BCUT2D eigenvalue weighted by molar-refractivity contribution is 0.0697. The van der Waals surface area contributed by atoms with E-state index in [0.717, 1.165) is 42.0 Å². The van der Waals surface area contributed by atoms with Crippen LogP contribution in [0, 0.1) is 6.92 Å². The molecule has 1 aliphatic rings. The maximum atomic E-state index is 11.3. The molecule has 0 fully saturated rings. The quantitative estimate of drug-likeness (QED) is 0.887. The summed E-state index contributed by atoms with van der Waals surface area (Å²) < 4.78 is 4.98. The Morgan fingerprint density at radius 1 is 1.45 bits per heavy atom. The van der Waals surface area contributed by atoms with Crippen LogP contribution in [0.1, 0.15) is 39.5 Å². The van der Waals surface area contributed by atoms with Crippen LogP contribution in [0.3, 0.4) is 0 Å². The van der Waals surface area contributed by atoms with Crippen molar-refractivity contribution < 1.29 is 14.4 Å². The van der Waals surface area contributed by atoms with Crippen molar-refractivity contribution in [2.24, 2.45) is 0 Å². The Kier molecular flexibility index (Phi) is 3.14. The highest BCUT2D eigenvalue weighted by Crippen LogP contribution is 2.25. The van der Waals surface area contributed by atoms with Crippen molar-refractivity contribution in [3.05, 3.63) is 40.4 Å². The number of nitrogens with one attached hydrogen (secondary N) is 1. The Morgan fingerprint density at radius 2 is 2.30 bits per heavy atom. The normalized spacial score (nSPS) is 13.2. The topological polar surface area (TPSA) is 88.2 Å². The van der Waals surface area contributed by atoms with Gasteiger partial charge in [-0.1, -0.05) is 5.16 Å². The third-order valence-corrected chi connectivity index (χ3v) is 3.39. The zero-order valence-corrected chi connectivity index (χ0v) is 11.1. The fraction of sp³-hybridized carbons (Fsp3) is 0.357. The van der Waals surface area contributed by atoms with Gasteiger partial charge in [0.05, 0.1) is 6.54 Å². The van der Waals surface area contributed by atoms with Gasteiger partial charge < -0.3 is 14.9 Å². The average molecular weight is 273 g/mol. The molecule has 2 N–H and O–H groups in total. The third kappa shape index (κ3) is 2.36. The van der Waals surface area contributed by atoms with Crippen molar-refractivity contribution in [3.63, 3.8) is 0 Å². The highest BCUT2D eigenvalue weighted by molar-refractivity contribution is 5.93. The fourth-order valence-corrected chi connectivity index (χ4v) is 2.45. The van der Waals surface area contributed by atoms with Crippen LogP contribution >= 0.6 is 0 Å². The number of aromatic nitrogens is 2. The first kappa shape index (κ1) is 12.7. The first-order valence-electron chi connectivity index (χ1n) is 6.55. The number of carboxylic acid groups (broad SMARTS) is 1. The first-order valence-corrected chi connectivity index (χ1v) is 6.55. The Labute approximate surface area is 115 Å². The van der Waals surface area contributed by atoms with Crippen molar-refractivity contribution in [2.75, 3.05) is 5.32 Å². The minimum absolute atomic E-state index is 0.214. The lowest BCUT2D eigenvalue weighted by Crippen LogP contribution is -2.10. The molecule has 2 heterocycles. The van der Waals surface area contributed by atoms with Gasteiger partial charge in [-0.15, -0.1) is 0 Å². The van der Waals surface area contributed by atoms with Gasteiger partial charge in [0, 0.05) is 11.8 Å². The minimum atomic E-state index is -0.967. The summed E-state index contributed by atoms with van der Waals surface area (Å²) in [4.78, 5) is 15.8. The molecule has 2 aromatic heterocycles. The van der Waals surface area contributed by atoms with Gasteiger partial charge in [0.1, 0.15) is 22.8 Å². The monoisotopic (exact) mass is 273 g/mol. The SMILES string of the molecule is Cc1cc(CNc2nc3c(cc2C(=O)O)CCC3)no1. The van der Waals surface area contributed by atoms with E-state index < -0.39 is 5.97 Å². The summed E-state index contributed by atoms with van der Waals surface area (Å²) in [5.74, 6) is 0.159. The molecule has 0 unspecified atom stereocenters. The molecule has 0 amide bonds. The Morgan fingerprint density at radius 3 is 3.00 bits per heavy atom. The number of anilines is 1. The summed E-state index contributed by atoms with van der Waals surface area (Å²) in [6.45, 7) is 2.20. The second-order valence-electron chi connectivity index (χ2n) is 4.93. The van der Waals surface area contributed by atoms with Gasteiger partial charge >= 0.3 is 5.97 Å². The summed E-state index contributed by atoms with van der Waals surface area (Å²) in [7, 11) is 0. The molecule has 20 heavy (non-hydrogen) atoms. The second-order valence-corrected chi connectivity index (χ2v) is 4.93. The molecule has 6 nitrogen and oxygen atoms in total. The van der Waals surface area contributed by atoms with Crippen molar-refractivity contribution in [2.45, 2.75) is 32.7 Å². The van der Waals surface area contributed by atoms with Gasteiger partial charge in [-0.25, -0.2) is 9.78 Å². The molecule has 1 aliphatic carbocycles. The van der Waals surface area contributed by atoms with Crippen LogP contribution in [-0.2, 0) is 19.4 Å². The van der Waals surface area contributed by atoms with E-state index in [1.54, 1.807) is 12.1 Å². The molecule has 104 valence electrons. The number of carboxylic acids is 1. The van der Waals surface area contributed by atoms with Crippen molar-refractivity contribution >= 4 is 11.8 Å². The number of nitrogens with zero attached hydrogens (tertiary/aromatic N) is 2. The predicted octanol–water partition coefficient (Wildman–Crippen LogP) is 2.18. The van der Waals surface area contributed by atoms with Gasteiger partial charge in [-0.05, 0) is 37.8 Å². The predicted molar refractivity (Wildman–Crippen MR) is 71.8 cm³/mol. The Bertz CT molecular complexity index is 664. The summed E-state index contributed by atoms with van der Waals surface area (Å²) in [6.07, 6.45) is 2.85. The van der Waals surface area contributed by atoms with Crippen molar-refractivity contribution in [1.29, 1.82) is 0 Å². The summed E-state index contributed by atoms with van der Waals surface area (Å²) in [5.41, 5.74) is 2.98. The van der Waals surface area contributed by atoms with Gasteiger partial charge in [0.2, 0.25) is 0 Å². The molecule has 0 saturated carbocycles. The number of aryl methyl sites for hydroxylation is 3. The summed E-state index contributed by atoms with van der Waals surface area (Å²) in [6, 6.07) is 3.54. The number of fused-ring (bicyclic) bond motifs is 1. The molecule has 0 saturated heterocycles. The van der Waals surface area contributed by atoms with E-state index in [4.69, 9.17) is 4.52 Å². The molecule has 3 rings (SSSR count). The number of hydrogen-bond donors (Lipinski definition) is 2. The van der Waals surface area contributed by atoms with E-state index in [1.165, 1.54) is 0 Å². The van der Waals surface area contributed by atoms with Crippen LogP contribution in [0.2, 0.25) is 0 Å². The molecule has 6 heteroatoms. The van der Waals surface area contributed by atoms with Crippen LogP contribution in [-0.4, -0.2) is 21.2 Å². The largest absolute Gasteiger partial charge is 0.478 e. The molecule has 2 aromatic rings. The third-order valence-electron chi connectivity index (χ3n) is 3.39. The van der Waals surface area contributed by atoms with Crippen LogP contribution in [0.4, 0.5) is 5.82 Å². The lowest BCUT2D eigenvalue weighted by Gasteiger charge is -2.10. The molecule has 0 bridgehead atoms. The molecular weight excluding hydrogens is 258 g/mol. The number of carbonyl (C=O) groups is 1. The van der Waals surface area contributed by atoms with Crippen molar-refractivity contribution in [3.8, 4) is 0 Å². The second kappa shape index (κ2) is 4.96. The molecule has 0 aromatic carbocycles. The van der Waals surface area contributed by atoms with Gasteiger partial charge in [0.15, 0.2) is 0 Å². The minimum Gasteiger partial charge on any atom is -0.478 e. The summed E-state index contributed by atoms with van der Waals surface area (Å²) >= 11 is 0. The molecule has 0 atom stereocenters. The number of aromatic carboxylic acids is 1. The van der Waals surface area contributed by atoms with Gasteiger partial charge in [0.25, 0.3) is 0 Å². The van der Waals surface area contributed by atoms with Gasteiger partial charge in [-0.2, -0.15) is 0 Å². The molecule has 0 radical (unpaired) electrons. The molecule has 0 spiro atoms. The van der Waals surface area contributed by atoms with E-state index in [9.17, 15) is 9.90 Å². The Balaban J connectivity index is 1.86. The van der Waals surface area contributed by atoms with Crippen LogP contribution in [0.5, 0.6) is 0 Å². The van der Waals surface area contributed by atoms with Crippen molar-refractivity contribution in [1.82, 2.24) is 10.1 Å². The van der Waals surface area contributed by atoms with E-state index >= 15 is 0 Å². The summed E-state index contributed by atoms with van der Waals surface area (Å²) in [5, 5.41) is 16.2. The molecular formula is C14H15N3O3. The smallest absolute Gasteiger partial charge is 0.339 e. The lowest BCUT2D eigenvalue weighted by atomic mass is 10.1. The van der Waals surface area contributed by atoms with E-state index in [2.05, 4.69) is 15.5 Å². The van der Waals surface area contributed by atoms with E-state index in [-0.39, 0.29) is 5.56 Å². The number of pyridine rings is 1. The maximum Gasteiger partial charge on any atom is 0.339 e. The average Bonchev–Trinajstić information content (AvgIpc) is 3.03. The maximum absolute atomic E-state index is 11.3. The van der Waals surface area contributed by atoms with Gasteiger partial charge in [-0.3, -0.25) is 0 Å². The fourth-order valence-electron chi connectivity index (χ4n) is 2.45. The highest BCUT2D eigenvalue weighted by atomic mass is 16.5. The Hall–Kier alpha value is -2.37. The standard InChI is InChI=1S/C14H15N3O3/c1-8-5-10(17-20-8)7-15-13-11(14(18)19)6-9-3-2-4-12(9)16-13/h5-6H,2-4,7H2,1H3,(H,15,16)(H,18,19). The zero-order valence-electron chi connectivity index (χ0n) is 11.1. The molecule has 0 aliphatic heterocycles. The first-order chi connectivity index (χ1) is 9.63.